The minimum absolute atomic E-state index is 0.169. The molecule has 0 atom stereocenters. The van der Waals surface area contributed by atoms with Gasteiger partial charge < -0.3 is 10.5 Å². The van der Waals surface area contributed by atoms with E-state index in [1.54, 1.807) is 31.2 Å². The average Bonchev–Trinajstić information content (AvgIpc) is 2.28. The van der Waals surface area contributed by atoms with Crippen molar-refractivity contribution in [2.45, 2.75) is 13.3 Å². The molecule has 1 aliphatic heterocycles. The van der Waals surface area contributed by atoms with E-state index in [1.165, 1.54) is 0 Å². The summed E-state index contributed by atoms with van der Waals surface area (Å²) in [6.07, 6.45) is 7.55. The molecule has 0 radical (unpaired) electrons. The minimum Gasteiger partial charge on any atom is -0.461 e. The van der Waals surface area contributed by atoms with Crippen molar-refractivity contribution < 1.29 is 9.53 Å². The van der Waals surface area contributed by atoms with Crippen LogP contribution in [0.3, 0.4) is 0 Å². The van der Waals surface area contributed by atoms with E-state index in [0.717, 1.165) is 0 Å². The normalized spacial score (nSPS) is 24.7. The molecular weight excluding hydrogens is 240 g/mol. The van der Waals surface area contributed by atoms with Gasteiger partial charge in [0.1, 0.15) is 0 Å². The van der Waals surface area contributed by atoms with Crippen molar-refractivity contribution >= 4 is 23.3 Å². The molecule has 0 amide bonds. The molecule has 0 aromatic heterocycles. The monoisotopic (exact) mass is 254 g/mol. The predicted octanol–water partition coefficient (Wildman–Crippen LogP) is 1.92. The Morgan fingerprint density at radius 1 is 1.59 bits per heavy atom. The Morgan fingerprint density at radius 2 is 2.35 bits per heavy atom. The van der Waals surface area contributed by atoms with Crippen molar-refractivity contribution in [1.82, 2.24) is 0 Å². The maximum atomic E-state index is 11.6. The van der Waals surface area contributed by atoms with Crippen molar-refractivity contribution in [2.75, 3.05) is 13.2 Å². The predicted molar refractivity (Wildman–Crippen MR) is 68.9 cm³/mol. The lowest BCUT2D eigenvalue weighted by molar-refractivity contribution is -0.134. The molecule has 0 aromatic carbocycles. The SMILES string of the molecule is CCOC(=O)C1=NC/C=C\C(Cl)=C/C/C=C\1N. The summed E-state index contributed by atoms with van der Waals surface area (Å²) in [7, 11) is 0. The number of rotatable bonds is 2. The Morgan fingerprint density at radius 3 is 3.06 bits per heavy atom. The fraction of sp³-hybridized carbons (Fsp3) is 0.333. The van der Waals surface area contributed by atoms with Crippen LogP contribution in [0.15, 0.2) is 40.0 Å². The Labute approximate surface area is 105 Å². The van der Waals surface area contributed by atoms with Gasteiger partial charge >= 0.3 is 5.97 Å². The average molecular weight is 255 g/mol. The zero-order chi connectivity index (χ0) is 12.7. The molecule has 0 saturated carbocycles. The van der Waals surface area contributed by atoms with Gasteiger partial charge in [-0.15, -0.1) is 0 Å². The van der Waals surface area contributed by atoms with Crippen molar-refractivity contribution in [3.63, 3.8) is 0 Å². The van der Waals surface area contributed by atoms with Crippen molar-refractivity contribution in [3.05, 3.63) is 35.0 Å². The van der Waals surface area contributed by atoms with Crippen molar-refractivity contribution in [1.29, 1.82) is 0 Å². The first kappa shape index (κ1) is 13.5. The minimum atomic E-state index is -0.495. The maximum absolute atomic E-state index is 11.6. The van der Waals surface area contributed by atoms with Crippen molar-refractivity contribution in [2.24, 2.45) is 10.7 Å². The number of ether oxygens (including phenoxy) is 1. The van der Waals surface area contributed by atoms with Crippen LogP contribution in [-0.4, -0.2) is 24.8 Å². The Balaban J connectivity index is 2.92. The van der Waals surface area contributed by atoms with Crippen LogP contribution in [0, 0.1) is 0 Å². The Kier molecular flexibility index (Phi) is 5.49. The summed E-state index contributed by atoms with van der Waals surface area (Å²) in [6, 6.07) is 0. The van der Waals surface area contributed by atoms with Gasteiger partial charge in [-0.25, -0.2) is 4.79 Å². The standard InChI is InChI=1S/C12H15ClN2O2/c1-2-17-12(16)11-10(14)7-3-5-9(13)6-4-8-15-11/h4-7H,2-3,8,14H2,1H3/b6-4-,9-5+,10-7+,15-11?. The molecule has 0 bridgehead atoms. The number of allylic oxidation sites excluding steroid dienone is 4. The third-order valence-corrected chi connectivity index (χ3v) is 2.31. The van der Waals surface area contributed by atoms with Crippen LogP contribution in [0.25, 0.3) is 0 Å². The summed E-state index contributed by atoms with van der Waals surface area (Å²) in [4.78, 5) is 15.7. The van der Waals surface area contributed by atoms with E-state index < -0.39 is 5.97 Å². The van der Waals surface area contributed by atoms with Crippen LogP contribution < -0.4 is 5.73 Å². The quantitative estimate of drug-likeness (QED) is 0.766. The first-order valence-electron chi connectivity index (χ1n) is 5.35. The van der Waals surface area contributed by atoms with Gasteiger partial charge in [-0.1, -0.05) is 29.8 Å². The maximum Gasteiger partial charge on any atom is 0.358 e. The molecule has 4 nitrogen and oxygen atoms in total. The molecule has 1 aliphatic rings. The lowest BCUT2D eigenvalue weighted by Gasteiger charge is -2.06. The molecule has 1 heterocycles. The van der Waals surface area contributed by atoms with Crippen LogP contribution in [0.1, 0.15) is 13.3 Å². The molecule has 92 valence electrons. The summed E-state index contributed by atoms with van der Waals surface area (Å²) >= 11 is 5.88. The number of esters is 1. The fourth-order valence-corrected chi connectivity index (χ4v) is 1.42. The molecule has 2 N–H and O–H groups in total. The zero-order valence-corrected chi connectivity index (χ0v) is 10.4. The van der Waals surface area contributed by atoms with Crippen LogP contribution >= 0.6 is 11.6 Å². The lowest BCUT2D eigenvalue weighted by Crippen LogP contribution is -2.24. The fourth-order valence-electron chi connectivity index (χ4n) is 1.25. The molecule has 0 aromatic rings. The molecule has 0 aliphatic carbocycles. The molecule has 0 spiro atoms. The summed E-state index contributed by atoms with van der Waals surface area (Å²) in [5, 5.41) is 0.629. The first-order valence-corrected chi connectivity index (χ1v) is 5.72. The highest BCUT2D eigenvalue weighted by molar-refractivity contribution is 6.43. The van der Waals surface area contributed by atoms with E-state index in [-0.39, 0.29) is 5.71 Å². The third-order valence-electron chi connectivity index (χ3n) is 2.02. The highest BCUT2D eigenvalue weighted by Crippen LogP contribution is 2.08. The van der Waals surface area contributed by atoms with Gasteiger partial charge in [0.25, 0.3) is 0 Å². The number of carbonyl (C=O) groups excluding carboxylic acids is 1. The number of hydrogen-bond donors (Lipinski definition) is 1. The Bertz CT molecular complexity index is 409. The van der Waals surface area contributed by atoms with Gasteiger partial charge in [0, 0.05) is 5.03 Å². The van der Waals surface area contributed by atoms with Gasteiger partial charge in [0.15, 0.2) is 5.71 Å². The second-order valence-electron chi connectivity index (χ2n) is 3.30. The van der Waals surface area contributed by atoms with Gasteiger partial charge in [-0.2, -0.15) is 0 Å². The summed E-state index contributed by atoms with van der Waals surface area (Å²) in [6.45, 7) is 2.38. The number of nitrogens with zero attached hydrogens (tertiary/aromatic N) is 1. The lowest BCUT2D eigenvalue weighted by atomic mass is 10.2. The van der Waals surface area contributed by atoms with E-state index in [0.29, 0.717) is 30.3 Å². The molecule has 0 fully saturated rings. The highest BCUT2D eigenvalue weighted by atomic mass is 35.5. The number of nitrogens with two attached hydrogens (primary N) is 1. The third kappa shape index (κ3) is 4.44. The summed E-state index contributed by atoms with van der Waals surface area (Å²) in [5.74, 6) is -0.495. The molecular formula is C12H15ClN2O2. The molecule has 0 saturated heterocycles. The van der Waals surface area contributed by atoms with Crippen LogP contribution in [-0.2, 0) is 9.53 Å². The summed E-state index contributed by atoms with van der Waals surface area (Å²) in [5.41, 5.74) is 6.27. The van der Waals surface area contributed by atoms with Crippen LogP contribution in [0.5, 0.6) is 0 Å². The molecule has 1 rings (SSSR count). The van der Waals surface area contributed by atoms with Gasteiger partial charge in [-0.3, -0.25) is 4.99 Å². The van der Waals surface area contributed by atoms with Crippen LogP contribution in [0.2, 0.25) is 0 Å². The topological polar surface area (TPSA) is 64.7 Å². The van der Waals surface area contributed by atoms with Gasteiger partial charge in [-0.05, 0) is 19.4 Å². The second-order valence-corrected chi connectivity index (χ2v) is 3.73. The second kappa shape index (κ2) is 6.91. The number of halogens is 1. The van der Waals surface area contributed by atoms with E-state index >= 15 is 0 Å². The molecule has 0 unspecified atom stereocenters. The van der Waals surface area contributed by atoms with E-state index in [2.05, 4.69) is 4.99 Å². The van der Waals surface area contributed by atoms with E-state index in [9.17, 15) is 4.79 Å². The van der Waals surface area contributed by atoms with Crippen LogP contribution in [0.4, 0.5) is 0 Å². The van der Waals surface area contributed by atoms with Crippen molar-refractivity contribution in [3.8, 4) is 0 Å². The van der Waals surface area contributed by atoms with Gasteiger partial charge in [0.05, 0.1) is 18.8 Å². The van der Waals surface area contributed by atoms with Gasteiger partial charge in [0.2, 0.25) is 0 Å². The van der Waals surface area contributed by atoms with E-state index in [1.807, 2.05) is 0 Å². The summed E-state index contributed by atoms with van der Waals surface area (Å²) < 4.78 is 4.89. The Hall–Kier alpha value is -1.55. The molecule has 17 heavy (non-hydrogen) atoms. The van der Waals surface area contributed by atoms with E-state index in [4.69, 9.17) is 22.1 Å². The first-order chi connectivity index (χ1) is 8.15. The number of hydrogen-bond acceptors (Lipinski definition) is 4. The highest BCUT2D eigenvalue weighted by Gasteiger charge is 2.14. The smallest absolute Gasteiger partial charge is 0.358 e. The zero-order valence-electron chi connectivity index (χ0n) is 9.65. The number of carbonyl (C=O) groups is 1. The largest absolute Gasteiger partial charge is 0.461 e. The molecule has 5 heteroatoms. The number of aliphatic imine (C=N–C) groups is 1.